The van der Waals surface area contributed by atoms with Gasteiger partial charge in [0.05, 0.1) is 18.8 Å². The van der Waals surface area contributed by atoms with Crippen LogP contribution < -0.4 is 0 Å². The van der Waals surface area contributed by atoms with Crippen molar-refractivity contribution in [1.82, 2.24) is 0 Å². The molecule has 2 rings (SSSR count). The average molecular weight is 392 g/mol. The molecule has 9 atom stereocenters. The largest absolute Gasteiger partial charge is 0.396 e. The lowest BCUT2D eigenvalue weighted by atomic mass is 9.61. The maximum atomic E-state index is 10.2. The summed E-state index contributed by atoms with van der Waals surface area (Å²) < 4.78 is 11.4. The van der Waals surface area contributed by atoms with Crippen molar-refractivity contribution in [3.8, 4) is 0 Å². The molecule has 2 fully saturated rings. The van der Waals surface area contributed by atoms with Crippen LogP contribution in [0.5, 0.6) is 0 Å². The third-order valence-electron chi connectivity index (χ3n) is 6.20. The summed E-state index contributed by atoms with van der Waals surface area (Å²) in [5.41, 5.74) is -0.153. The summed E-state index contributed by atoms with van der Waals surface area (Å²) >= 11 is 0. The van der Waals surface area contributed by atoms with Gasteiger partial charge < -0.3 is 40.1 Å². The summed E-state index contributed by atoms with van der Waals surface area (Å²) in [5.74, 6) is 0.217. The van der Waals surface area contributed by atoms with Gasteiger partial charge in [0, 0.05) is 6.61 Å². The van der Waals surface area contributed by atoms with Gasteiger partial charge >= 0.3 is 0 Å². The summed E-state index contributed by atoms with van der Waals surface area (Å²) in [5, 5.41) is 58.8. The van der Waals surface area contributed by atoms with Gasteiger partial charge in [-0.3, -0.25) is 0 Å². The Hall–Kier alpha value is -0.320. The molecule has 0 bridgehead atoms. The number of rotatable bonds is 7. The molecule has 8 heteroatoms. The molecule has 1 aliphatic carbocycles. The van der Waals surface area contributed by atoms with E-state index in [1.807, 2.05) is 0 Å². The van der Waals surface area contributed by atoms with Crippen LogP contribution in [0.25, 0.3) is 0 Å². The fourth-order valence-corrected chi connectivity index (χ4v) is 4.68. The number of aliphatic hydroxyl groups excluding tert-OH is 6. The maximum absolute atomic E-state index is 10.2. The van der Waals surface area contributed by atoms with Crippen LogP contribution in [-0.2, 0) is 9.47 Å². The molecule has 0 unspecified atom stereocenters. The quantitative estimate of drug-likeness (QED) is 0.337. The highest BCUT2D eigenvalue weighted by Crippen LogP contribution is 2.47. The molecule has 0 amide bonds. The number of ether oxygens (including phenoxy) is 2. The van der Waals surface area contributed by atoms with E-state index in [1.165, 1.54) is 0 Å². The molecule has 0 aromatic rings. The topological polar surface area (TPSA) is 140 Å². The van der Waals surface area contributed by atoms with Crippen molar-refractivity contribution < 1.29 is 40.1 Å². The molecule has 1 aliphatic heterocycles. The Morgan fingerprint density at radius 2 is 1.74 bits per heavy atom. The number of aliphatic hydroxyl groups is 6. The SMILES string of the molecule is C[C@@H](O)CC[C@@H]1[C@@H](CO)C[C@H](O[C@@H]2O[C@H](CO)[C@@H](O)[C@H](O)[C@H]2O)CC1(C)C. The summed E-state index contributed by atoms with van der Waals surface area (Å²) in [6.07, 6.45) is -4.44. The van der Waals surface area contributed by atoms with Gasteiger partial charge in [-0.05, 0) is 49.9 Å². The Morgan fingerprint density at radius 1 is 1.07 bits per heavy atom. The van der Waals surface area contributed by atoms with Crippen molar-refractivity contribution in [2.24, 2.45) is 17.3 Å². The second-order valence-electron chi connectivity index (χ2n) is 8.86. The number of hydrogen-bond donors (Lipinski definition) is 6. The van der Waals surface area contributed by atoms with E-state index in [0.29, 0.717) is 19.3 Å². The van der Waals surface area contributed by atoms with Crippen molar-refractivity contribution in [2.45, 2.75) is 89.4 Å². The van der Waals surface area contributed by atoms with Gasteiger partial charge in [0.2, 0.25) is 0 Å². The summed E-state index contributed by atoms with van der Waals surface area (Å²) in [4.78, 5) is 0. The summed E-state index contributed by atoms with van der Waals surface area (Å²) in [6.45, 7) is 5.47. The standard InChI is InChI=1S/C19H36O8/c1-10(22)4-5-13-11(8-20)6-12(7-19(13,2)3)26-18-17(25)16(24)15(23)14(9-21)27-18/h10-18,20-25H,4-9H2,1-3H3/t10-,11-,12+,13-,14-,15-,16+,17-,18-/m1/s1. The van der Waals surface area contributed by atoms with Crippen molar-refractivity contribution in [2.75, 3.05) is 13.2 Å². The minimum atomic E-state index is -1.47. The average Bonchev–Trinajstić information content (AvgIpc) is 2.59. The first-order chi connectivity index (χ1) is 12.6. The normalized spacial score (nSPS) is 43.4. The van der Waals surface area contributed by atoms with E-state index >= 15 is 0 Å². The van der Waals surface area contributed by atoms with Crippen molar-refractivity contribution in [1.29, 1.82) is 0 Å². The van der Waals surface area contributed by atoms with E-state index in [2.05, 4.69) is 13.8 Å². The van der Waals surface area contributed by atoms with E-state index in [-0.39, 0.29) is 36.1 Å². The first kappa shape index (κ1) is 23.0. The minimum Gasteiger partial charge on any atom is -0.396 e. The first-order valence-electron chi connectivity index (χ1n) is 9.85. The van der Waals surface area contributed by atoms with Gasteiger partial charge in [-0.15, -0.1) is 0 Å². The molecule has 2 aliphatic rings. The summed E-state index contributed by atoms with van der Waals surface area (Å²) in [6, 6.07) is 0. The zero-order valence-corrected chi connectivity index (χ0v) is 16.4. The smallest absolute Gasteiger partial charge is 0.186 e. The zero-order valence-electron chi connectivity index (χ0n) is 16.4. The van der Waals surface area contributed by atoms with Crippen LogP contribution in [0.4, 0.5) is 0 Å². The van der Waals surface area contributed by atoms with Crippen LogP contribution in [0.3, 0.4) is 0 Å². The van der Waals surface area contributed by atoms with Crippen LogP contribution >= 0.6 is 0 Å². The molecule has 6 N–H and O–H groups in total. The number of hydrogen-bond acceptors (Lipinski definition) is 8. The zero-order chi connectivity index (χ0) is 20.4. The first-order valence-corrected chi connectivity index (χ1v) is 9.85. The Kier molecular flexibility index (Phi) is 8.04. The van der Waals surface area contributed by atoms with Crippen LogP contribution in [0.15, 0.2) is 0 Å². The fraction of sp³-hybridized carbons (Fsp3) is 1.00. The highest BCUT2D eigenvalue weighted by atomic mass is 16.7. The van der Waals surface area contributed by atoms with Crippen LogP contribution in [0.1, 0.15) is 46.5 Å². The molecule has 160 valence electrons. The van der Waals surface area contributed by atoms with Crippen LogP contribution in [0, 0.1) is 17.3 Å². The van der Waals surface area contributed by atoms with Crippen molar-refractivity contribution >= 4 is 0 Å². The Labute approximate surface area is 160 Å². The molecular weight excluding hydrogens is 356 g/mol. The molecule has 1 saturated heterocycles. The van der Waals surface area contributed by atoms with E-state index in [9.17, 15) is 30.6 Å². The van der Waals surface area contributed by atoms with Crippen molar-refractivity contribution in [3.05, 3.63) is 0 Å². The fourth-order valence-electron chi connectivity index (χ4n) is 4.68. The maximum Gasteiger partial charge on any atom is 0.186 e. The molecule has 0 radical (unpaired) electrons. The van der Waals surface area contributed by atoms with E-state index in [1.54, 1.807) is 6.92 Å². The highest BCUT2D eigenvalue weighted by molar-refractivity contribution is 4.94. The molecule has 1 saturated carbocycles. The minimum absolute atomic E-state index is 0.00243. The van der Waals surface area contributed by atoms with Gasteiger partial charge in [-0.2, -0.15) is 0 Å². The van der Waals surface area contributed by atoms with E-state index in [0.717, 1.165) is 6.42 Å². The van der Waals surface area contributed by atoms with Gasteiger partial charge in [0.25, 0.3) is 0 Å². The molecule has 8 nitrogen and oxygen atoms in total. The summed E-state index contributed by atoms with van der Waals surface area (Å²) in [7, 11) is 0. The van der Waals surface area contributed by atoms with Gasteiger partial charge in [0.1, 0.15) is 24.4 Å². The third-order valence-corrected chi connectivity index (χ3v) is 6.20. The predicted molar refractivity (Wildman–Crippen MR) is 96.6 cm³/mol. The lowest BCUT2D eigenvalue weighted by Gasteiger charge is -2.49. The van der Waals surface area contributed by atoms with Crippen LogP contribution in [-0.4, -0.2) is 86.8 Å². The second kappa shape index (κ2) is 9.45. The predicted octanol–water partition coefficient (Wildman–Crippen LogP) is -0.623. The molecule has 0 aromatic carbocycles. The lowest BCUT2D eigenvalue weighted by Crippen LogP contribution is -2.60. The molecule has 27 heavy (non-hydrogen) atoms. The lowest BCUT2D eigenvalue weighted by molar-refractivity contribution is -0.317. The molecule has 0 spiro atoms. The Bertz CT molecular complexity index is 455. The Morgan fingerprint density at radius 3 is 2.30 bits per heavy atom. The van der Waals surface area contributed by atoms with Crippen molar-refractivity contribution in [3.63, 3.8) is 0 Å². The molecule has 0 aromatic heterocycles. The van der Waals surface area contributed by atoms with Gasteiger partial charge in [-0.25, -0.2) is 0 Å². The molecule has 1 heterocycles. The second-order valence-corrected chi connectivity index (χ2v) is 8.86. The monoisotopic (exact) mass is 392 g/mol. The molecular formula is C19H36O8. The van der Waals surface area contributed by atoms with E-state index in [4.69, 9.17) is 9.47 Å². The highest BCUT2D eigenvalue weighted by Gasteiger charge is 2.48. The van der Waals surface area contributed by atoms with Gasteiger partial charge in [-0.1, -0.05) is 13.8 Å². The van der Waals surface area contributed by atoms with Gasteiger partial charge in [0.15, 0.2) is 6.29 Å². The van der Waals surface area contributed by atoms with E-state index < -0.39 is 37.3 Å². The Balaban J connectivity index is 2.05. The third kappa shape index (κ3) is 5.39. The van der Waals surface area contributed by atoms with Crippen LogP contribution in [0.2, 0.25) is 0 Å².